The van der Waals surface area contributed by atoms with E-state index in [0.717, 1.165) is 18.7 Å². The van der Waals surface area contributed by atoms with Crippen molar-refractivity contribution in [3.05, 3.63) is 47.2 Å². The highest BCUT2D eigenvalue weighted by atomic mass is 16.5. The second-order valence-electron chi connectivity index (χ2n) is 5.54. The van der Waals surface area contributed by atoms with Gasteiger partial charge < -0.3 is 14.7 Å². The molecule has 0 unspecified atom stereocenters. The molecule has 1 aromatic carbocycles. The van der Waals surface area contributed by atoms with E-state index in [9.17, 15) is 9.90 Å². The van der Waals surface area contributed by atoms with E-state index in [1.807, 2.05) is 19.1 Å². The number of aliphatic hydroxyl groups is 1. The Balaban J connectivity index is 2.13. The molecule has 1 fully saturated rings. The third-order valence-electron chi connectivity index (χ3n) is 3.88. The second-order valence-corrected chi connectivity index (χ2v) is 5.54. The molecule has 1 heterocycles. The van der Waals surface area contributed by atoms with Gasteiger partial charge in [0.15, 0.2) is 0 Å². The molecule has 1 saturated heterocycles. The lowest BCUT2D eigenvalue weighted by Gasteiger charge is -2.17. The van der Waals surface area contributed by atoms with Crippen molar-refractivity contribution >= 4 is 23.9 Å². The third kappa shape index (κ3) is 4.72. The third-order valence-corrected chi connectivity index (χ3v) is 3.88. The van der Waals surface area contributed by atoms with Crippen LogP contribution in [0.15, 0.2) is 46.7 Å². The minimum absolute atomic E-state index is 0.0456. The average Bonchev–Trinajstić information content (AvgIpc) is 3.15. The van der Waals surface area contributed by atoms with Crippen molar-refractivity contribution in [2.45, 2.75) is 19.8 Å². The van der Waals surface area contributed by atoms with E-state index in [4.69, 9.17) is 0 Å². The summed E-state index contributed by atoms with van der Waals surface area (Å²) >= 11 is 0. The summed E-state index contributed by atoms with van der Waals surface area (Å²) < 4.78 is 4.67. The fourth-order valence-electron chi connectivity index (χ4n) is 2.55. The molecule has 1 aliphatic heterocycles. The van der Waals surface area contributed by atoms with Crippen LogP contribution in [0.25, 0.3) is 6.08 Å². The minimum atomic E-state index is -0.612. The Morgan fingerprint density at radius 3 is 2.54 bits per heavy atom. The number of methoxy groups -OCH3 is 1. The highest BCUT2D eigenvalue weighted by molar-refractivity contribution is 6.10. The number of benzene rings is 1. The highest BCUT2D eigenvalue weighted by Crippen LogP contribution is 2.21. The van der Waals surface area contributed by atoms with Crippen LogP contribution >= 0.6 is 0 Å². The monoisotopic (exact) mass is 328 g/mol. The maximum atomic E-state index is 11.7. The number of carbonyl (C=O) groups is 1. The Hall–Kier alpha value is -2.56. The molecular formula is C19H24N2O3. The van der Waals surface area contributed by atoms with Gasteiger partial charge in [-0.15, -0.1) is 0 Å². The lowest BCUT2D eigenvalue weighted by molar-refractivity contribution is -0.135. The lowest BCUT2D eigenvalue weighted by Crippen LogP contribution is -2.17. The molecule has 1 N–H and O–H groups in total. The van der Waals surface area contributed by atoms with Gasteiger partial charge in [-0.25, -0.2) is 4.79 Å². The van der Waals surface area contributed by atoms with Crippen LogP contribution in [-0.4, -0.2) is 44.0 Å². The summed E-state index contributed by atoms with van der Waals surface area (Å²) in [7, 11) is 1.27. The van der Waals surface area contributed by atoms with Crippen molar-refractivity contribution in [3.63, 3.8) is 0 Å². The van der Waals surface area contributed by atoms with Crippen molar-refractivity contribution in [2.24, 2.45) is 4.99 Å². The van der Waals surface area contributed by atoms with Crippen LogP contribution in [0.1, 0.15) is 25.3 Å². The Morgan fingerprint density at radius 1 is 1.29 bits per heavy atom. The van der Waals surface area contributed by atoms with E-state index in [-0.39, 0.29) is 11.3 Å². The summed E-state index contributed by atoms with van der Waals surface area (Å²) in [5.41, 5.74) is 2.21. The number of ether oxygens (including phenoxy) is 1. The maximum absolute atomic E-state index is 11.7. The summed E-state index contributed by atoms with van der Waals surface area (Å²) in [5, 5.41) is 10.1. The zero-order valence-electron chi connectivity index (χ0n) is 14.2. The molecule has 0 amide bonds. The summed E-state index contributed by atoms with van der Waals surface area (Å²) in [6.07, 6.45) is 7.07. The van der Waals surface area contributed by atoms with Crippen molar-refractivity contribution in [3.8, 4) is 0 Å². The fourth-order valence-corrected chi connectivity index (χ4v) is 2.55. The van der Waals surface area contributed by atoms with E-state index >= 15 is 0 Å². The molecule has 1 aliphatic rings. The van der Waals surface area contributed by atoms with Crippen molar-refractivity contribution in [1.82, 2.24) is 0 Å². The van der Waals surface area contributed by atoms with Crippen LogP contribution in [-0.2, 0) is 9.53 Å². The van der Waals surface area contributed by atoms with Gasteiger partial charge in [-0.1, -0.05) is 18.2 Å². The first-order valence-electron chi connectivity index (χ1n) is 8.20. The van der Waals surface area contributed by atoms with Gasteiger partial charge in [-0.3, -0.25) is 4.99 Å². The molecule has 24 heavy (non-hydrogen) atoms. The predicted molar refractivity (Wildman–Crippen MR) is 97.6 cm³/mol. The molecular weight excluding hydrogens is 304 g/mol. The summed E-state index contributed by atoms with van der Waals surface area (Å²) in [5.74, 6) is -0.776. The second kappa shape index (κ2) is 8.91. The Kier molecular flexibility index (Phi) is 6.61. The van der Waals surface area contributed by atoms with Crippen LogP contribution in [0.5, 0.6) is 0 Å². The predicted octanol–water partition coefficient (Wildman–Crippen LogP) is 3.38. The van der Waals surface area contributed by atoms with Crippen molar-refractivity contribution < 1.29 is 14.6 Å². The molecule has 0 aromatic heterocycles. The van der Waals surface area contributed by atoms with Crippen LogP contribution in [0.2, 0.25) is 0 Å². The van der Waals surface area contributed by atoms with E-state index in [1.165, 1.54) is 37.9 Å². The minimum Gasteiger partial charge on any atom is -0.507 e. The number of hydrogen-bond donors (Lipinski definition) is 1. The maximum Gasteiger partial charge on any atom is 0.343 e. The highest BCUT2D eigenvalue weighted by Gasteiger charge is 2.13. The first-order valence-corrected chi connectivity index (χ1v) is 8.20. The molecule has 5 nitrogen and oxygen atoms in total. The van der Waals surface area contributed by atoms with Gasteiger partial charge in [0, 0.05) is 31.5 Å². The molecule has 1 aromatic rings. The zero-order chi connectivity index (χ0) is 17.4. The number of aliphatic hydroxyl groups excluding tert-OH is 1. The lowest BCUT2D eigenvalue weighted by atomic mass is 10.1. The quantitative estimate of drug-likeness (QED) is 0.286. The van der Waals surface area contributed by atoms with Crippen LogP contribution in [0.4, 0.5) is 5.69 Å². The molecule has 5 heteroatoms. The van der Waals surface area contributed by atoms with Crippen LogP contribution in [0, 0.1) is 0 Å². The average molecular weight is 328 g/mol. The largest absolute Gasteiger partial charge is 0.507 e. The molecule has 2 rings (SSSR count). The summed E-state index contributed by atoms with van der Waals surface area (Å²) in [4.78, 5) is 18.0. The van der Waals surface area contributed by atoms with Crippen LogP contribution in [0.3, 0.4) is 0 Å². The van der Waals surface area contributed by atoms with Gasteiger partial charge >= 0.3 is 5.97 Å². The Morgan fingerprint density at radius 2 is 1.96 bits per heavy atom. The molecule has 128 valence electrons. The van der Waals surface area contributed by atoms with Gasteiger partial charge in [0.25, 0.3) is 0 Å². The first kappa shape index (κ1) is 17.8. The number of nitrogens with zero attached hydrogens (tertiary/aromatic N) is 2. The Bertz CT molecular complexity index is 639. The molecule has 0 bridgehead atoms. The van der Waals surface area contributed by atoms with Gasteiger partial charge in [0.2, 0.25) is 0 Å². The van der Waals surface area contributed by atoms with E-state index in [2.05, 4.69) is 26.8 Å². The SMILES string of the molecule is CCN=CC(C(=O)OC)=C(O)C=Cc1ccc(N2CCCC2)cc1. The normalized spacial score (nSPS) is 16.0. The number of aliphatic imine (C=N–C) groups is 1. The molecule has 0 atom stereocenters. The standard InChI is InChI=1S/C19H24N2O3/c1-3-20-14-17(19(23)24-2)18(22)11-8-15-6-9-16(10-7-15)21-12-4-5-13-21/h6-11,14,22H,3-5,12-13H2,1-2H3. The molecule has 0 aliphatic carbocycles. The van der Waals surface area contributed by atoms with E-state index in [1.54, 1.807) is 6.08 Å². The van der Waals surface area contributed by atoms with Gasteiger partial charge in [0.1, 0.15) is 11.3 Å². The van der Waals surface area contributed by atoms with Crippen molar-refractivity contribution in [1.29, 1.82) is 0 Å². The van der Waals surface area contributed by atoms with Crippen molar-refractivity contribution in [2.75, 3.05) is 31.6 Å². The first-order chi connectivity index (χ1) is 11.7. The Labute approximate surface area is 143 Å². The molecule has 0 saturated carbocycles. The smallest absolute Gasteiger partial charge is 0.343 e. The molecule has 0 spiro atoms. The number of rotatable bonds is 6. The zero-order valence-corrected chi connectivity index (χ0v) is 14.2. The summed E-state index contributed by atoms with van der Waals surface area (Å²) in [6, 6.07) is 8.14. The fraction of sp³-hybridized carbons (Fsp3) is 0.368. The van der Waals surface area contributed by atoms with Crippen LogP contribution < -0.4 is 4.90 Å². The number of hydrogen-bond acceptors (Lipinski definition) is 5. The number of carbonyl (C=O) groups excluding carboxylic acids is 1. The van der Waals surface area contributed by atoms with E-state index in [0.29, 0.717) is 6.54 Å². The number of esters is 1. The number of anilines is 1. The van der Waals surface area contributed by atoms with Gasteiger partial charge in [-0.05, 0) is 43.5 Å². The molecule has 0 radical (unpaired) electrons. The van der Waals surface area contributed by atoms with E-state index < -0.39 is 5.97 Å². The van der Waals surface area contributed by atoms with Gasteiger partial charge in [-0.2, -0.15) is 0 Å². The van der Waals surface area contributed by atoms with Gasteiger partial charge in [0.05, 0.1) is 7.11 Å². The topological polar surface area (TPSA) is 62.1 Å². The number of allylic oxidation sites excluding steroid dienone is 1. The summed E-state index contributed by atoms with van der Waals surface area (Å²) in [6.45, 7) is 4.59.